The Kier molecular flexibility index (Phi) is 18.4. The summed E-state index contributed by atoms with van der Waals surface area (Å²) in [5, 5.41) is 19.9. The summed E-state index contributed by atoms with van der Waals surface area (Å²) in [6.07, 6.45) is 32.8. The maximum absolute atomic E-state index is 11.1. The highest BCUT2D eigenvalue weighted by Gasteiger charge is 2.35. The number of carboxylic acids is 1. The Morgan fingerprint density at radius 1 is 0.727 bits per heavy atom. The Hall–Kier alpha value is -1.91. The quantitative estimate of drug-likeness (QED) is 0.117. The molecule has 0 saturated heterocycles. The van der Waals surface area contributed by atoms with Gasteiger partial charge in [-0.2, -0.15) is 0 Å². The Morgan fingerprint density at radius 2 is 1.18 bits per heavy atom. The number of unbranched alkanes of at least 4 members (excludes halogenated alkanes) is 4. The van der Waals surface area contributed by atoms with Crippen molar-refractivity contribution in [2.75, 3.05) is 27.7 Å². The zero-order valence-electron chi connectivity index (χ0n) is 21.7. The molecule has 4 heteroatoms. The van der Waals surface area contributed by atoms with Crippen LogP contribution in [0.2, 0.25) is 0 Å². The van der Waals surface area contributed by atoms with E-state index < -0.39 is 11.6 Å². The van der Waals surface area contributed by atoms with Crippen LogP contribution in [0.4, 0.5) is 0 Å². The third-order valence-electron chi connectivity index (χ3n) is 5.17. The predicted molar refractivity (Wildman–Crippen MR) is 142 cm³/mol. The number of carbonyl (C=O) groups is 1. The number of quaternary nitrogens is 1. The zero-order chi connectivity index (χ0) is 24.8. The van der Waals surface area contributed by atoms with Gasteiger partial charge in [0.05, 0.1) is 27.6 Å². The summed E-state index contributed by atoms with van der Waals surface area (Å²) in [6, 6.07) is 0. The van der Waals surface area contributed by atoms with E-state index in [0.717, 1.165) is 64.2 Å². The molecule has 0 saturated carbocycles. The van der Waals surface area contributed by atoms with Gasteiger partial charge in [-0.3, -0.25) is 4.79 Å². The van der Waals surface area contributed by atoms with Gasteiger partial charge in [-0.1, -0.05) is 86.9 Å². The molecule has 1 atom stereocenters. The number of nitrogens with zero attached hydrogens (tertiary/aromatic N) is 1. The lowest BCUT2D eigenvalue weighted by Gasteiger charge is -2.34. The lowest BCUT2D eigenvalue weighted by Crippen LogP contribution is -2.50. The van der Waals surface area contributed by atoms with Crippen molar-refractivity contribution in [3.8, 4) is 0 Å². The van der Waals surface area contributed by atoms with Gasteiger partial charge in [-0.15, -0.1) is 0 Å². The van der Waals surface area contributed by atoms with Gasteiger partial charge in [0.1, 0.15) is 12.1 Å². The second-order valence-electron chi connectivity index (χ2n) is 9.90. The largest absolute Gasteiger partial charge is 0.481 e. The molecule has 2 N–H and O–H groups in total. The Bertz CT molecular complexity index is 638. The lowest BCUT2D eigenvalue weighted by molar-refractivity contribution is -0.877. The number of aliphatic carboxylic acids is 1. The molecule has 0 bridgehead atoms. The van der Waals surface area contributed by atoms with E-state index in [9.17, 15) is 9.90 Å². The first-order valence-electron chi connectivity index (χ1n) is 12.7. The van der Waals surface area contributed by atoms with E-state index >= 15 is 0 Å². The third kappa shape index (κ3) is 23.1. The monoisotopic (exact) mass is 460 g/mol. The van der Waals surface area contributed by atoms with Gasteiger partial charge in [0, 0.05) is 0 Å². The lowest BCUT2D eigenvalue weighted by atomic mass is 9.91. The SMILES string of the molecule is CC/C=C\C/C=C\C/C=C\C/C=C\C/C=C\CCCCCCC(O)(CC(=O)O)C[N+](C)(C)C. The van der Waals surface area contributed by atoms with Crippen molar-refractivity contribution < 1.29 is 19.5 Å². The van der Waals surface area contributed by atoms with Crippen LogP contribution in [0.15, 0.2) is 60.8 Å². The Balaban J connectivity index is 3.80. The molecule has 0 spiro atoms. The number of likely N-dealkylation sites (N-methyl/N-ethyl adjacent to an activating group) is 1. The highest BCUT2D eigenvalue weighted by Crippen LogP contribution is 2.22. The number of hydrogen-bond acceptors (Lipinski definition) is 2. The van der Waals surface area contributed by atoms with Crippen LogP contribution in [0, 0.1) is 0 Å². The zero-order valence-corrected chi connectivity index (χ0v) is 21.7. The van der Waals surface area contributed by atoms with Crippen LogP contribution in [0.25, 0.3) is 0 Å². The van der Waals surface area contributed by atoms with Crippen molar-refractivity contribution in [2.45, 2.75) is 89.6 Å². The predicted octanol–water partition coefficient (Wildman–Crippen LogP) is 6.99. The van der Waals surface area contributed by atoms with Gasteiger partial charge < -0.3 is 14.7 Å². The molecule has 0 fully saturated rings. The normalized spacial score (nSPS) is 15.1. The van der Waals surface area contributed by atoms with Gasteiger partial charge in [0.2, 0.25) is 0 Å². The molecule has 0 aliphatic heterocycles. The summed E-state index contributed by atoms with van der Waals surface area (Å²) >= 11 is 0. The third-order valence-corrected chi connectivity index (χ3v) is 5.17. The number of hydrogen-bond donors (Lipinski definition) is 2. The molecule has 188 valence electrons. The smallest absolute Gasteiger partial charge is 0.306 e. The first kappa shape index (κ1) is 31.1. The van der Waals surface area contributed by atoms with Crippen LogP contribution in [-0.4, -0.2) is 54.0 Å². The maximum atomic E-state index is 11.1. The molecular formula is C29H50NO3+. The van der Waals surface area contributed by atoms with Gasteiger partial charge in [0.15, 0.2) is 0 Å². The number of allylic oxidation sites excluding steroid dienone is 10. The first-order chi connectivity index (χ1) is 15.7. The fraction of sp³-hybridized carbons (Fsp3) is 0.621. The molecule has 0 rings (SSSR count). The van der Waals surface area contributed by atoms with E-state index in [4.69, 9.17) is 5.11 Å². The van der Waals surface area contributed by atoms with Crippen LogP contribution in [0.3, 0.4) is 0 Å². The fourth-order valence-corrected chi connectivity index (χ4v) is 3.83. The molecular weight excluding hydrogens is 410 g/mol. The molecule has 0 amide bonds. The second kappa shape index (κ2) is 19.5. The van der Waals surface area contributed by atoms with E-state index in [1.807, 2.05) is 21.1 Å². The average molecular weight is 461 g/mol. The summed E-state index contributed by atoms with van der Waals surface area (Å²) in [4.78, 5) is 11.1. The minimum atomic E-state index is -1.12. The van der Waals surface area contributed by atoms with E-state index in [1.54, 1.807) is 0 Å². The summed E-state index contributed by atoms with van der Waals surface area (Å²) in [5.74, 6) is -0.927. The summed E-state index contributed by atoms with van der Waals surface area (Å²) in [6.45, 7) is 2.61. The minimum absolute atomic E-state index is 0.178. The molecule has 0 aromatic heterocycles. The number of aliphatic hydroxyl groups is 1. The second-order valence-corrected chi connectivity index (χ2v) is 9.90. The van der Waals surface area contributed by atoms with Crippen molar-refractivity contribution >= 4 is 5.97 Å². The van der Waals surface area contributed by atoms with E-state index in [2.05, 4.69) is 67.7 Å². The molecule has 0 aliphatic rings. The van der Waals surface area contributed by atoms with E-state index in [0.29, 0.717) is 17.4 Å². The standard InChI is InChI=1S/C29H49NO3/c1-5-6-7-8-9-10-11-12-13-14-15-16-17-18-19-20-21-22-23-24-25-29(33,26-28(31)32)27-30(2,3)4/h6-7,9-10,12-13,15-16,18-19,33H,5,8,11,14,17,20-27H2,1-4H3/p+1/b7-6-,10-9-,13-12-,16-15-,19-18-. The van der Waals surface area contributed by atoms with Gasteiger partial charge >= 0.3 is 5.97 Å². The Morgan fingerprint density at radius 3 is 1.64 bits per heavy atom. The molecule has 1 unspecified atom stereocenters. The maximum Gasteiger partial charge on any atom is 0.306 e. The van der Waals surface area contributed by atoms with Gasteiger partial charge in [-0.25, -0.2) is 0 Å². The topological polar surface area (TPSA) is 57.5 Å². The molecule has 0 aromatic carbocycles. The highest BCUT2D eigenvalue weighted by molar-refractivity contribution is 5.68. The first-order valence-corrected chi connectivity index (χ1v) is 12.7. The van der Waals surface area contributed by atoms with Crippen molar-refractivity contribution in [1.29, 1.82) is 0 Å². The van der Waals surface area contributed by atoms with Crippen LogP contribution in [-0.2, 0) is 4.79 Å². The Labute approximate surface area is 203 Å². The van der Waals surface area contributed by atoms with Crippen molar-refractivity contribution in [2.24, 2.45) is 0 Å². The fourth-order valence-electron chi connectivity index (χ4n) is 3.83. The summed E-state index contributed by atoms with van der Waals surface area (Å²) in [5.41, 5.74) is -1.12. The van der Waals surface area contributed by atoms with E-state index in [1.165, 1.54) is 0 Å². The van der Waals surface area contributed by atoms with Gasteiger partial charge in [-0.05, 0) is 51.4 Å². The van der Waals surface area contributed by atoms with Crippen LogP contribution in [0.1, 0.15) is 84.0 Å². The molecule has 0 aliphatic carbocycles. The molecule has 0 heterocycles. The van der Waals surface area contributed by atoms with Crippen molar-refractivity contribution in [3.63, 3.8) is 0 Å². The summed E-state index contributed by atoms with van der Waals surface area (Å²) in [7, 11) is 5.95. The molecule has 33 heavy (non-hydrogen) atoms. The molecule has 4 nitrogen and oxygen atoms in total. The van der Waals surface area contributed by atoms with Gasteiger partial charge in [0.25, 0.3) is 0 Å². The average Bonchev–Trinajstić information content (AvgIpc) is 2.70. The highest BCUT2D eigenvalue weighted by atomic mass is 16.4. The van der Waals surface area contributed by atoms with Crippen molar-refractivity contribution in [3.05, 3.63) is 60.8 Å². The van der Waals surface area contributed by atoms with Crippen LogP contribution < -0.4 is 0 Å². The molecule has 0 aromatic rings. The molecule has 0 radical (unpaired) electrons. The van der Waals surface area contributed by atoms with E-state index in [-0.39, 0.29) is 6.42 Å². The summed E-state index contributed by atoms with van der Waals surface area (Å²) < 4.78 is 0.563. The number of carboxylic acid groups (broad SMARTS) is 1. The number of rotatable bonds is 20. The van der Waals surface area contributed by atoms with Crippen LogP contribution >= 0.6 is 0 Å². The minimum Gasteiger partial charge on any atom is -0.481 e. The van der Waals surface area contributed by atoms with Crippen LogP contribution in [0.5, 0.6) is 0 Å². The van der Waals surface area contributed by atoms with Crippen molar-refractivity contribution in [1.82, 2.24) is 0 Å².